The van der Waals surface area contributed by atoms with E-state index in [0.717, 1.165) is 31.5 Å². The van der Waals surface area contributed by atoms with Gasteiger partial charge in [0.1, 0.15) is 12.6 Å². The molecule has 3 amide bonds. The van der Waals surface area contributed by atoms with Crippen LogP contribution in [0.15, 0.2) is 18.2 Å². The van der Waals surface area contributed by atoms with Gasteiger partial charge in [0.2, 0.25) is 11.8 Å². The number of ether oxygens (including phenoxy) is 1. The minimum absolute atomic E-state index is 0.0528. The van der Waals surface area contributed by atoms with Crippen molar-refractivity contribution in [2.24, 2.45) is 0 Å². The number of carbonyl (C=O) groups excluding carboxylic acids is 3. The molecule has 0 saturated carbocycles. The maximum Gasteiger partial charge on any atom is 0.253 e. The lowest BCUT2D eigenvalue weighted by Crippen LogP contribution is -2.57. The highest BCUT2D eigenvalue weighted by Gasteiger charge is 2.40. The number of methoxy groups -OCH3 is 1. The van der Waals surface area contributed by atoms with Crippen molar-refractivity contribution in [3.63, 3.8) is 0 Å². The summed E-state index contributed by atoms with van der Waals surface area (Å²) in [7, 11) is 5.01. The number of rotatable bonds is 7. The molecule has 3 rings (SSSR count). The summed E-state index contributed by atoms with van der Waals surface area (Å²) in [5.74, 6) is -0.419. The first-order valence-corrected chi connectivity index (χ1v) is 10.1. The molecule has 8 heteroatoms. The van der Waals surface area contributed by atoms with Crippen LogP contribution in [0.4, 0.5) is 11.4 Å². The standard InChI is InChI=1S/C21H30N4O4/c1-23(2)20(27)15-8-9-16-18(13-15)25(14-19(26)22-10-6-12-29-3)21(28)17-7-4-5-11-24(16)17/h8-9,13,17H,4-7,10-12,14H2,1-3H3,(H,22,26). The van der Waals surface area contributed by atoms with E-state index in [1.807, 2.05) is 6.07 Å². The highest BCUT2D eigenvalue weighted by molar-refractivity contribution is 6.09. The maximum absolute atomic E-state index is 13.2. The number of carbonyl (C=O) groups is 3. The third kappa shape index (κ3) is 4.53. The summed E-state index contributed by atoms with van der Waals surface area (Å²) in [6, 6.07) is 5.19. The van der Waals surface area contributed by atoms with E-state index >= 15 is 0 Å². The highest BCUT2D eigenvalue weighted by Crippen LogP contribution is 2.40. The zero-order valence-corrected chi connectivity index (χ0v) is 17.4. The lowest BCUT2D eigenvalue weighted by Gasteiger charge is -2.45. The molecule has 0 radical (unpaired) electrons. The molecule has 158 valence electrons. The Kier molecular flexibility index (Phi) is 6.74. The summed E-state index contributed by atoms with van der Waals surface area (Å²) in [4.78, 5) is 43.3. The van der Waals surface area contributed by atoms with Crippen molar-refractivity contribution < 1.29 is 19.1 Å². The number of anilines is 2. The molecular weight excluding hydrogens is 372 g/mol. The topological polar surface area (TPSA) is 82.2 Å². The number of hydrogen-bond acceptors (Lipinski definition) is 5. The quantitative estimate of drug-likeness (QED) is 0.694. The fraction of sp³-hybridized carbons (Fsp3) is 0.571. The van der Waals surface area contributed by atoms with Crippen molar-refractivity contribution in [2.45, 2.75) is 31.7 Å². The first kappa shape index (κ1) is 21.1. The van der Waals surface area contributed by atoms with E-state index in [-0.39, 0.29) is 30.3 Å². The minimum atomic E-state index is -0.243. The van der Waals surface area contributed by atoms with Gasteiger partial charge in [0, 0.05) is 46.5 Å². The molecule has 1 unspecified atom stereocenters. The predicted molar refractivity (Wildman–Crippen MR) is 111 cm³/mol. The number of piperidine rings is 1. The van der Waals surface area contributed by atoms with E-state index in [1.165, 1.54) is 4.90 Å². The number of hydrogen-bond donors (Lipinski definition) is 1. The van der Waals surface area contributed by atoms with Gasteiger partial charge < -0.3 is 19.9 Å². The molecule has 0 spiro atoms. The predicted octanol–water partition coefficient (Wildman–Crippen LogP) is 1.25. The van der Waals surface area contributed by atoms with Crippen LogP contribution in [-0.4, -0.2) is 76.1 Å². The second-order valence-electron chi connectivity index (χ2n) is 7.73. The van der Waals surface area contributed by atoms with Gasteiger partial charge >= 0.3 is 0 Å². The van der Waals surface area contributed by atoms with Crippen LogP contribution >= 0.6 is 0 Å². The Morgan fingerprint density at radius 3 is 2.76 bits per heavy atom. The first-order valence-electron chi connectivity index (χ1n) is 10.1. The third-order valence-corrected chi connectivity index (χ3v) is 5.43. The van der Waals surface area contributed by atoms with Gasteiger partial charge in [-0.1, -0.05) is 0 Å². The number of fused-ring (bicyclic) bond motifs is 3. The molecule has 1 aromatic carbocycles. The second-order valence-corrected chi connectivity index (χ2v) is 7.73. The zero-order chi connectivity index (χ0) is 21.0. The third-order valence-electron chi connectivity index (χ3n) is 5.43. The summed E-state index contributed by atoms with van der Waals surface area (Å²) < 4.78 is 4.99. The van der Waals surface area contributed by atoms with Crippen molar-refractivity contribution in [2.75, 3.05) is 57.2 Å². The summed E-state index contributed by atoms with van der Waals surface area (Å²) >= 11 is 0. The van der Waals surface area contributed by atoms with Crippen LogP contribution in [-0.2, 0) is 14.3 Å². The van der Waals surface area contributed by atoms with Crippen LogP contribution in [0, 0.1) is 0 Å². The molecular formula is C21H30N4O4. The first-order chi connectivity index (χ1) is 13.9. The molecule has 0 aromatic heterocycles. The summed E-state index contributed by atoms with van der Waals surface area (Å²) in [5, 5.41) is 2.84. The van der Waals surface area contributed by atoms with Gasteiger partial charge in [-0.3, -0.25) is 19.3 Å². The molecule has 0 aliphatic carbocycles. The molecule has 2 heterocycles. The normalized spacial score (nSPS) is 18.2. The Labute approximate surface area is 171 Å². The zero-order valence-electron chi connectivity index (χ0n) is 17.4. The molecule has 2 aliphatic heterocycles. The number of amides is 3. The maximum atomic E-state index is 13.2. The Morgan fingerprint density at radius 2 is 2.03 bits per heavy atom. The highest BCUT2D eigenvalue weighted by atomic mass is 16.5. The molecule has 1 aromatic rings. The summed E-state index contributed by atoms with van der Waals surface area (Å²) in [5.41, 5.74) is 2.05. The van der Waals surface area contributed by atoms with E-state index in [4.69, 9.17) is 4.74 Å². The van der Waals surface area contributed by atoms with Gasteiger partial charge in [0.15, 0.2) is 0 Å². The summed E-state index contributed by atoms with van der Waals surface area (Å²) in [6.07, 6.45) is 3.52. The molecule has 1 saturated heterocycles. The molecule has 1 N–H and O–H groups in total. The minimum Gasteiger partial charge on any atom is -0.385 e. The average molecular weight is 402 g/mol. The Bertz CT molecular complexity index is 780. The summed E-state index contributed by atoms with van der Waals surface area (Å²) in [6.45, 7) is 1.82. The molecule has 0 bridgehead atoms. The van der Waals surface area contributed by atoms with Gasteiger partial charge in [0.25, 0.3) is 5.91 Å². The van der Waals surface area contributed by atoms with E-state index in [0.29, 0.717) is 30.8 Å². The fourth-order valence-corrected chi connectivity index (χ4v) is 3.96. The lowest BCUT2D eigenvalue weighted by atomic mass is 9.95. The van der Waals surface area contributed by atoms with Crippen LogP contribution < -0.4 is 15.1 Å². The molecule has 2 aliphatic rings. The molecule has 29 heavy (non-hydrogen) atoms. The van der Waals surface area contributed by atoms with Crippen LogP contribution in [0.1, 0.15) is 36.0 Å². The van der Waals surface area contributed by atoms with Crippen LogP contribution in [0.25, 0.3) is 0 Å². The van der Waals surface area contributed by atoms with Crippen LogP contribution in [0.3, 0.4) is 0 Å². The molecule has 1 fully saturated rings. The SMILES string of the molecule is COCCCNC(=O)CN1C(=O)C2CCCCN2c2ccc(C(=O)N(C)C)cc21. The van der Waals surface area contributed by atoms with Crippen molar-refractivity contribution >= 4 is 29.1 Å². The Balaban J connectivity index is 1.88. The number of nitrogens with zero attached hydrogens (tertiary/aromatic N) is 3. The van der Waals surface area contributed by atoms with Gasteiger partial charge in [0.05, 0.1) is 11.4 Å². The van der Waals surface area contributed by atoms with Crippen LogP contribution in [0.2, 0.25) is 0 Å². The fourth-order valence-electron chi connectivity index (χ4n) is 3.96. The van der Waals surface area contributed by atoms with Crippen molar-refractivity contribution in [1.82, 2.24) is 10.2 Å². The molecule has 8 nitrogen and oxygen atoms in total. The van der Waals surface area contributed by atoms with Crippen molar-refractivity contribution in [1.29, 1.82) is 0 Å². The van der Waals surface area contributed by atoms with Crippen molar-refractivity contribution in [3.05, 3.63) is 23.8 Å². The lowest BCUT2D eigenvalue weighted by molar-refractivity contribution is -0.125. The van der Waals surface area contributed by atoms with Gasteiger partial charge in [-0.15, -0.1) is 0 Å². The van der Waals surface area contributed by atoms with Gasteiger partial charge in [-0.05, 0) is 43.9 Å². The average Bonchev–Trinajstić information content (AvgIpc) is 2.73. The van der Waals surface area contributed by atoms with Crippen LogP contribution in [0.5, 0.6) is 0 Å². The van der Waals surface area contributed by atoms with Crippen molar-refractivity contribution in [3.8, 4) is 0 Å². The second kappa shape index (κ2) is 9.26. The Morgan fingerprint density at radius 1 is 1.24 bits per heavy atom. The van der Waals surface area contributed by atoms with Gasteiger partial charge in [-0.25, -0.2) is 0 Å². The smallest absolute Gasteiger partial charge is 0.253 e. The van der Waals surface area contributed by atoms with E-state index < -0.39 is 0 Å². The molecule has 1 atom stereocenters. The monoisotopic (exact) mass is 402 g/mol. The van der Waals surface area contributed by atoms with Gasteiger partial charge in [-0.2, -0.15) is 0 Å². The Hall–Kier alpha value is -2.61. The van der Waals surface area contributed by atoms with E-state index in [9.17, 15) is 14.4 Å². The number of benzene rings is 1. The number of nitrogens with one attached hydrogen (secondary N) is 1. The van der Waals surface area contributed by atoms with E-state index in [2.05, 4.69) is 10.2 Å². The largest absolute Gasteiger partial charge is 0.385 e. The van der Waals surface area contributed by atoms with E-state index in [1.54, 1.807) is 38.2 Å².